The van der Waals surface area contributed by atoms with Gasteiger partial charge in [-0.1, -0.05) is 26.7 Å². The van der Waals surface area contributed by atoms with Crippen LogP contribution in [0.25, 0.3) is 0 Å². The minimum Gasteiger partial charge on any atom is -0.790 e. The van der Waals surface area contributed by atoms with Gasteiger partial charge in [0.1, 0.15) is 24.4 Å². The van der Waals surface area contributed by atoms with Gasteiger partial charge in [-0.3, -0.25) is 0 Å². The first kappa shape index (κ1) is 70.2. The van der Waals surface area contributed by atoms with Gasteiger partial charge in [0, 0.05) is 0 Å². The van der Waals surface area contributed by atoms with Gasteiger partial charge in [-0.15, -0.1) is 0 Å². The van der Waals surface area contributed by atoms with Crippen molar-refractivity contribution in [3.8, 4) is 0 Å². The van der Waals surface area contributed by atoms with E-state index in [4.69, 9.17) is 9.47 Å². The number of hydrogen-bond donors (Lipinski definition) is 0. The third-order valence-corrected chi connectivity index (χ3v) is 6.60. The first-order valence-corrected chi connectivity index (χ1v) is 16.1. The maximum atomic E-state index is 11.3. The molecule has 30 heteroatoms. The van der Waals surface area contributed by atoms with E-state index >= 15 is 0 Å². The summed E-state index contributed by atoms with van der Waals surface area (Å²) in [6.45, 7) is 2.01. The second-order valence-corrected chi connectivity index (χ2v) is 12.1. The maximum absolute atomic E-state index is 11.3. The minimum absolute atomic E-state index is 0. The molecule has 1 aliphatic heterocycles. The number of phosphoric ester groups is 4. The van der Waals surface area contributed by atoms with Crippen LogP contribution in [0.5, 0.6) is 0 Å². The van der Waals surface area contributed by atoms with E-state index in [1.807, 2.05) is 13.8 Å². The molecule has 0 bridgehead atoms. The van der Waals surface area contributed by atoms with E-state index in [1.54, 1.807) is 0 Å². The predicted molar refractivity (Wildman–Crippen MR) is 98.9 cm³/mol. The molecule has 0 amide bonds. The van der Waals surface area contributed by atoms with E-state index in [1.165, 1.54) is 0 Å². The fourth-order valence-corrected chi connectivity index (χ4v) is 5.42. The Labute approximate surface area is 433 Å². The number of rotatable bonds is 16. The summed E-state index contributed by atoms with van der Waals surface area (Å²) in [5.41, 5.74) is 0. The number of phosphoric acid groups is 4. The first-order valence-electron chi connectivity index (χ1n) is 10.3. The summed E-state index contributed by atoms with van der Waals surface area (Å²) < 4.78 is 71.8. The molecule has 18 nitrogen and oxygen atoms in total. The Bertz CT molecular complexity index is 884. The predicted octanol–water partition coefficient (Wildman–Crippen LogP) is -28.5. The van der Waals surface area contributed by atoms with Gasteiger partial charge in [0.2, 0.25) is 0 Å². The average molecular weight is 788 g/mol. The maximum Gasteiger partial charge on any atom is 1.00 e. The van der Waals surface area contributed by atoms with Crippen molar-refractivity contribution in [1.82, 2.24) is 0 Å². The summed E-state index contributed by atoms with van der Waals surface area (Å²) in [6.07, 6.45) is -9.75. The minimum atomic E-state index is -6.18. The molecule has 216 valence electrons. The Morgan fingerprint density at radius 1 is 0.591 bits per heavy atom. The van der Waals surface area contributed by atoms with Crippen molar-refractivity contribution in [1.29, 1.82) is 0 Å². The standard InChI is InChI=1S/C14H32O18P4.8Na/c1-3-5-9(6-4-2)7-27-14-13(32-36(24,25)26)12(31-35(21,22)23)11(30-34(18,19)20)10(29-14)8-28-33(15,16)17;;;;;;;;/h9-14H,3-8H2,1-2H3,(H2,15,16,17)(H2,18,19,20)(H2,21,22,23)(H2,24,25,26);;;;;;;;/q;8*+1/p-8/t10-,11+,12+,13-,14-;;;;;;;;/m1......../s1. The van der Waals surface area contributed by atoms with Crippen molar-refractivity contribution in [2.24, 2.45) is 5.92 Å². The molecule has 0 spiro atoms. The zero-order valence-electron chi connectivity index (χ0n) is 26.8. The molecule has 0 radical (unpaired) electrons. The van der Waals surface area contributed by atoms with Crippen LogP contribution in [0.1, 0.15) is 39.5 Å². The summed E-state index contributed by atoms with van der Waals surface area (Å²) in [5, 5.41) is 0. The van der Waals surface area contributed by atoms with Crippen LogP contribution in [0.3, 0.4) is 0 Å². The second-order valence-electron chi connectivity index (χ2n) is 7.61. The number of ether oxygens (including phenoxy) is 2. The summed E-state index contributed by atoms with van der Waals surface area (Å²) in [5.74, 6) is -0.198. The molecule has 1 saturated heterocycles. The molecule has 0 N–H and O–H groups in total. The molecule has 1 fully saturated rings. The van der Waals surface area contributed by atoms with Crippen LogP contribution in [0.15, 0.2) is 0 Å². The van der Waals surface area contributed by atoms with E-state index in [0.29, 0.717) is 25.7 Å². The first-order chi connectivity index (χ1) is 16.2. The third kappa shape index (κ3) is 33.7. The summed E-state index contributed by atoms with van der Waals surface area (Å²) in [4.78, 5) is 89.5. The molecule has 0 aromatic rings. The normalized spacial score (nSPS) is 21.7. The van der Waals surface area contributed by atoms with Crippen molar-refractivity contribution in [3.05, 3.63) is 0 Å². The van der Waals surface area contributed by atoms with E-state index in [0.717, 1.165) is 0 Å². The molecule has 5 atom stereocenters. The Morgan fingerprint density at radius 2 is 0.955 bits per heavy atom. The zero-order valence-corrected chi connectivity index (χ0v) is 46.4. The fourth-order valence-electron chi connectivity index (χ4n) is 3.48. The SMILES string of the molecule is CCCC(CCC)CO[C@@H]1O[C@H](COP(=O)([O-])[O-])[C@H](OP(=O)([O-])[O-])[C@H](OP(=O)([O-])[O-])[C@H]1OP(=O)([O-])[O-].[Na+].[Na+].[Na+].[Na+].[Na+].[Na+].[Na+].[Na+]. The molecule has 0 saturated carbocycles. The van der Waals surface area contributed by atoms with Crippen molar-refractivity contribution in [2.45, 2.75) is 70.2 Å². The zero-order chi connectivity index (χ0) is 27.9. The van der Waals surface area contributed by atoms with Gasteiger partial charge in [-0.05, 0) is 18.8 Å². The molecular weight excluding hydrogens is 764 g/mol. The van der Waals surface area contributed by atoms with Gasteiger partial charge < -0.3 is 85.0 Å². The van der Waals surface area contributed by atoms with Crippen LogP contribution >= 0.6 is 31.3 Å². The Kier molecular flexibility index (Phi) is 53.4. The van der Waals surface area contributed by atoms with Gasteiger partial charge in [0.05, 0.1) is 44.5 Å². The van der Waals surface area contributed by atoms with E-state index in [9.17, 15) is 57.4 Å². The van der Waals surface area contributed by atoms with Crippen molar-refractivity contribution in [3.63, 3.8) is 0 Å². The van der Waals surface area contributed by atoms with Gasteiger partial charge in [-0.25, -0.2) is 0 Å². The second kappa shape index (κ2) is 33.5. The van der Waals surface area contributed by atoms with Crippen LogP contribution < -0.4 is 276 Å². The van der Waals surface area contributed by atoms with Crippen LogP contribution in [-0.2, 0) is 45.8 Å². The molecule has 1 rings (SSSR count). The van der Waals surface area contributed by atoms with Crippen molar-refractivity contribution in [2.75, 3.05) is 13.2 Å². The van der Waals surface area contributed by atoms with Crippen LogP contribution in [0.4, 0.5) is 0 Å². The van der Waals surface area contributed by atoms with Crippen LogP contribution in [-0.4, -0.2) is 43.9 Å². The van der Waals surface area contributed by atoms with E-state index in [2.05, 4.69) is 18.1 Å². The van der Waals surface area contributed by atoms with Gasteiger partial charge in [0.15, 0.2) is 6.29 Å². The summed E-state index contributed by atoms with van der Waals surface area (Å²) in [7, 11) is -24.2. The number of hydrogen-bond acceptors (Lipinski definition) is 18. The monoisotopic (exact) mass is 788 g/mol. The molecule has 44 heavy (non-hydrogen) atoms. The van der Waals surface area contributed by atoms with Gasteiger partial charge in [0.25, 0.3) is 0 Å². The average Bonchev–Trinajstić information content (AvgIpc) is 2.65. The Balaban J connectivity index is -0.000000270. The third-order valence-electron chi connectivity index (χ3n) is 4.63. The Hall–Kier alpha value is 8.36. The molecule has 0 aromatic carbocycles. The van der Waals surface area contributed by atoms with Gasteiger partial charge >= 0.3 is 236 Å². The fraction of sp³-hybridized carbons (Fsp3) is 1.00. The topological polar surface area (TPSA) is 308 Å². The van der Waals surface area contributed by atoms with E-state index in [-0.39, 0.29) is 249 Å². The molecule has 1 heterocycles. The van der Waals surface area contributed by atoms with Crippen molar-refractivity contribution < 1.29 is 321 Å². The van der Waals surface area contributed by atoms with Gasteiger partial charge in [-0.2, -0.15) is 0 Å². The quantitative estimate of drug-likeness (QED) is 0.104. The summed E-state index contributed by atoms with van der Waals surface area (Å²) >= 11 is 0. The van der Waals surface area contributed by atoms with Crippen LogP contribution in [0.2, 0.25) is 0 Å². The molecule has 1 aliphatic rings. The molecule has 0 aliphatic carbocycles. The summed E-state index contributed by atoms with van der Waals surface area (Å²) in [6, 6.07) is 0. The van der Waals surface area contributed by atoms with Crippen LogP contribution in [0, 0.1) is 5.92 Å². The molecule has 0 aromatic heterocycles. The molecule has 0 unspecified atom stereocenters. The smallest absolute Gasteiger partial charge is 0.790 e. The Morgan fingerprint density at radius 3 is 1.30 bits per heavy atom. The van der Waals surface area contributed by atoms with E-state index < -0.39 is 68.6 Å². The van der Waals surface area contributed by atoms with Crippen molar-refractivity contribution >= 4 is 31.3 Å². The largest absolute Gasteiger partial charge is 1.00 e. The molecular formula is C14H24Na8O18P4.